The van der Waals surface area contributed by atoms with Gasteiger partial charge in [0.1, 0.15) is 11.6 Å². The molecule has 84 valence electrons. The Morgan fingerprint density at radius 1 is 1.33 bits per heavy atom. The van der Waals surface area contributed by atoms with Gasteiger partial charge in [0.25, 0.3) is 0 Å². The van der Waals surface area contributed by atoms with Gasteiger partial charge in [-0.05, 0) is 24.6 Å². The highest BCUT2D eigenvalue weighted by molar-refractivity contribution is 7.84. The van der Waals surface area contributed by atoms with E-state index >= 15 is 0 Å². The molecule has 0 fully saturated rings. The Hall–Kier alpha value is -0.810. The summed E-state index contributed by atoms with van der Waals surface area (Å²) in [4.78, 5) is 0. The number of hydrogen-bond donors (Lipinski definition) is 1. The average Bonchev–Trinajstić information content (AvgIpc) is 2.14. The summed E-state index contributed by atoms with van der Waals surface area (Å²) in [5.41, 5.74) is 5.74. The minimum absolute atomic E-state index is 0.132. The lowest BCUT2D eigenvalue weighted by atomic mass is 10.2. The fourth-order valence-corrected chi connectivity index (χ4v) is 2.10. The van der Waals surface area contributed by atoms with Crippen LogP contribution in [0.4, 0.5) is 8.78 Å². The second-order valence-corrected chi connectivity index (χ2v) is 5.20. The quantitative estimate of drug-likeness (QED) is 0.857. The lowest BCUT2D eigenvalue weighted by Crippen LogP contribution is -2.22. The van der Waals surface area contributed by atoms with Gasteiger partial charge >= 0.3 is 0 Å². The van der Waals surface area contributed by atoms with Crippen LogP contribution in [0, 0.1) is 11.6 Å². The lowest BCUT2D eigenvalue weighted by Gasteiger charge is -2.08. The summed E-state index contributed by atoms with van der Waals surface area (Å²) in [6, 6.07) is 3.16. The van der Waals surface area contributed by atoms with Crippen molar-refractivity contribution >= 4 is 10.8 Å². The van der Waals surface area contributed by atoms with E-state index in [1.807, 2.05) is 0 Å². The van der Waals surface area contributed by atoms with Crippen LogP contribution in [0.1, 0.15) is 12.5 Å². The Bertz CT molecular complexity index is 350. The molecule has 0 aromatic heterocycles. The summed E-state index contributed by atoms with van der Waals surface area (Å²) < 4.78 is 37.1. The highest BCUT2D eigenvalue weighted by Gasteiger charge is 2.11. The summed E-state index contributed by atoms with van der Waals surface area (Å²) >= 11 is 0. The van der Waals surface area contributed by atoms with E-state index in [4.69, 9.17) is 5.73 Å². The van der Waals surface area contributed by atoms with Crippen molar-refractivity contribution in [3.63, 3.8) is 0 Å². The van der Waals surface area contributed by atoms with Gasteiger partial charge in [-0.15, -0.1) is 0 Å². The topological polar surface area (TPSA) is 43.1 Å². The predicted octanol–water partition coefficient (Wildman–Crippen LogP) is 1.56. The molecule has 1 rings (SSSR count). The summed E-state index contributed by atoms with van der Waals surface area (Å²) in [5.74, 6) is -1.17. The Morgan fingerprint density at radius 2 is 1.87 bits per heavy atom. The lowest BCUT2D eigenvalue weighted by molar-refractivity contribution is 0.581. The van der Waals surface area contributed by atoms with Gasteiger partial charge in [0, 0.05) is 34.4 Å². The minimum atomic E-state index is -1.19. The van der Waals surface area contributed by atoms with Gasteiger partial charge in [-0.3, -0.25) is 4.21 Å². The van der Waals surface area contributed by atoms with E-state index in [9.17, 15) is 13.0 Å². The van der Waals surface area contributed by atoms with Crippen molar-refractivity contribution in [1.82, 2.24) is 0 Å². The summed E-state index contributed by atoms with van der Waals surface area (Å²) in [6.07, 6.45) is 0. The molecule has 2 atom stereocenters. The number of rotatable bonds is 4. The molecule has 0 aliphatic heterocycles. The van der Waals surface area contributed by atoms with Crippen LogP contribution < -0.4 is 5.73 Å². The van der Waals surface area contributed by atoms with Crippen LogP contribution in [-0.4, -0.2) is 16.0 Å². The van der Waals surface area contributed by atoms with Crippen molar-refractivity contribution in [1.29, 1.82) is 0 Å². The molecule has 2 N–H and O–H groups in total. The molecule has 0 amide bonds. The Balaban J connectivity index is 2.76. The zero-order valence-electron chi connectivity index (χ0n) is 8.37. The first-order valence-electron chi connectivity index (χ1n) is 4.55. The summed E-state index contributed by atoms with van der Waals surface area (Å²) in [7, 11) is -1.19. The molecule has 2 nitrogen and oxygen atoms in total. The largest absolute Gasteiger partial charge is 0.329 e. The SMILES string of the molecule is CC(CN)S(=O)Cc1cc(F)cc(F)c1. The Morgan fingerprint density at radius 3 is 2.33 bits per heavy atom. The molecule has 1 aromatic carbocycles. The fourth-order valence-electron chi connectivity index (χ4n) is 1.11. The van der Waals surface area contributed by atoms with Crippen LogP contribution in [0.5, 0.6) is 0 Å². The predicted molar refractivity (Wildman–Crippen MR) is 56.7 cm³/mol. The van der Waals surface area contributed by atoms with E-state index in [-0.39, 0.29) is 11.0 Å². The smallest absolute Gasteiger partial charge is 0.126 e. The zero-order valence-corrected chi connectivity index (χ0v) is 9.19. The number of halogens is 2. The minimum Gasteiger partial charge on any atom is -0.329 e. The second kappa shape index (κ2) is 5.32. The van der Waals surface area contributed by atoms with Crippen molar-refractivity contribution in [2.75, 3.05) is 6.54 Å². The van der Waals surface area contributed by atoms with E-state index in [2.05, 4.69) is 0 Å². The molecule has 0 saturated heterocycles. The van der Waals surface area contributed by atoms with Crippen LogP contribution >= 0.6 is 0 Å². The van der Waals surface area contributed by atoms with Crippen molar-refractivity contribution in [2.24, 2.45) is 5.73 Å². The van der Waals surface area contributed by atoms with Gasteiger partial charge in [-0.25, -0.2) is 8.78 Å². The van der Waals surface area contributed by atoms with Gasteiger partial charge in [0.15, 0.2) is 0 Å². The van der Waals surface area contributed by atoms with Gasteiger partial charge < -0.3 is 5.73 Å². The van der Waals surface area contributed by atoms with E-state index in [1.165, 1.54) is 12.1 Å². The maximum atomic E-state index is 12.8. The van der Waals surface area contributed by atoms with Crippen LogP contribution in [0.25, 0.3) is 0 Å². The normalized spacial score (nSPS) is 14.9. The molecule has 0 spiro atoms. The van der Waals surface area contributed by atoms with E-state index < -0.39 is 22.4 Å². The zero-order chi connectivity index (χ0) is 11.4. The van der Waals surface area contributed by atoms with Crippen molar-refractivity contribution in [2.45, 2.75) is 17.9 Å². The standard InChI is InChI=1S/C10H13F2NOS/c1-7(5-13)15(14)6-8-2-9(11)4-10(12)3-8/h2-4,7H,5-6,13H2,1H3. The first-order valence-corrected chi connectivity index (χ1v) is 5.93. The van der Waals surface area contributed by atoms with Gasteiger partial charge in [0.05, 0.1) is 0 Å². The number of benzene rings is 1. The van der Waals surface area contributed by atoms with Gasteiger partial charge in [-0.2, -0.15) is 0 Å². The van der Waals surface area contributed by atoms with Crippen LogP contribution in [0.15, 0.2) is 18.2 Å². The average molecular weight is 233 g/mol. The van der Waals surface area contributed by atoms with Crippen molar-refractivity contribution in [3.8, 4) is 0 Å². The Kier molecular flexibility index (Phi) is 4.35. The number of hydrogen-bond acceptors (Lipinski definition) is 2. The molecule has 0 bridgehead atoms. The summed E-state index contributed by atoms with van der Waals surface area (Å²) in [6.45, 7) is 2.04. The monoisotopic (exact) mass is 233 g/mol. The van der Waals surface area contributed by atoms with E-state index in [0.29, 0.717) is 12.1 Å². The molecule has 0 aliphatic carbocycles. The second-order valence-electron chi connectivity index (χ2n) is 3.35. The maximum absolute atomic E-state index is 12.8. The van der Waals surface area contributed by atoms with Gasteiger partial charge in [-0.1, -0.05) is 0 Å². The highest BCUT2D eigenvalue weighted by atomic mass is 32.2. The maximum Gasteiger partial charge on any atom is 0.126 e. The molecule has 5 heteroatoms. The fraction of sp³-hybridized carbons (Fsp3) is 0.400. The van der Waals surface area contributed by atoms with Crippen LogP contribution in [0.3, 0.4) is 0 Å². The van der Waals surface area contributed by atoms with E-state index in [1.54, 1.807) is 6.92 Å². The first kappa shape index (κ1) is 12.3. The molecule has 0 heterocycles. The molecule has 0 aliphatic rings. The first-order chi connectivity index (χ1) is 7.02. The third-order valence-corrected chi connectivity index (χ3v) is 3.72. The van der Waals surface area contributed by atoms with Crippen molar-refractivity contribution < 1.29 is 13.0 Å². The molecule has 0 radical (unpaired) electrons. The van der Waals surface area contributed by atoms with Crippen LogP contribution in [0.2, 0.25) is 0 Å². The van der Waals surface area contributed by atoms with Gasteiger partial charge in [0.2, 0.25) is 0 Å². The Labute approximate surface area is 89.9 Å². The highest BCUT2D eigenvalue weighted by Crippen LogP contribution is 2.11. The van der Waals surface area contributed by atoms with Crippen molar-refractivity contribution in [3.05, 3.63) is 35.4 Å². The molecule has 1 aromatic rings. The third-order valence-electron chi connectivity index (χ3n) is 2.01. The summed E-state index contributed by atoms with van der Waals surface area (Å²) in [5, 5.41) is -0.170. The van der Waals surface area contributed by atoms with Crippen LogP contribution in [-0.2, 0) is 16.6 Å². The molecule has 2 unspecified atom stereocenters. The molecular weight excluding hydrogens is 220 g/mol. The molecule has 0 saturated carbocycles. The van der Waals surface area contributed by atoms with E-state index in [0.717, 1.165) is 6.07 Å². The number of nitrogens with two attached hydrogens (primary N) is 1. The third kappa shape index (κ3) is 3.68. The molecule has 15 heavy (non-hydrogen) atoms. The molecular formula is C10H13F2NOS.